The Hall–Kier alpha value is -2.28. The molecule has 0 bridgehead atoms. The normalized spacial score (nSPS) is 17.6. The van der Waals surface area contributed by atoms with E-state index in [1.807, 2.05) is 26.0 Å². The molecule has 0 aliphatic carbocycles. The summed E-state index contributed by atoms with van der Waals surface area (Å²) in [5.74, 6) is 2.46. The number of nitrogens with zero attached hydrogens (tertiary/aromatic N) is 4. The SMILES string of the molecule is CCNC(=NCc1c(C)noc1C)NC1CCN(c2ncccc2Cl)C1. The first-order chi connectivity index (χ1) is 12.6. The van der Waals surface area contributed by atoms with Crippen molar-refractivity contribution in [1.29, 1.82) is 0 Å². The maximum Gasteiger partial charge on any atom is 0.191 e. The number of pyridine rings is 1. The summed E-state index contributed by atoms with van der Waals surface area (Å²) < 4.78 is 5.21. The first-order valence-corrected chi connectivity index (χ1v) is 9.28. The molecule has 0 aromatic carbocycles. The van der Waals surface area contributed by atoms with Gasteiger partial charge in [-0.1, -0.05) is 16.8 Å². The fourth-order valence-electron chi connectivity index (χ4n) is 3.08. The van der Waals surface area contributed by atoms with Crippen LogP contribution in [0.5, 0.6) is 0 Å². The second-order valence-electron chi connectivity index (χ2n) is 6.38. The van der Waals surface area contributed by atoms with Crippen LogP contribution in [0.3, 0.4) is 0 Å². The van der Waals surface area contributed by atoms with Gasteiger partial charge in [0.2, 0.25) is 0 Å². The zero-order valence-corrected chi connectivity index (χ0v) is 16.2. The largest absolute Gasteiger partial charge is 0.361 e. The minimum Gasteiger partial charge on any atom is -0.361 e. The number of halogens is 1. The Morgan fingerprint density at radius 1 is 1.46 bits per heavy atom. The van der Waals surface area contributed by atoms with Gasteiger partial charge in [-0.15, -0.1) is 0 Å². The standard InChI is InChI=1S/C18H25ClN6O/c1-4-20-18(22-10-15-12(2)24-26-13(15)3)23-14-7-9-25(11-14)17-16(19)6-5-8-21-17/h5-6,8,14H,4,7,9-11H2,1-3H3,(H2,20,22,23). The van der Waals surface area contributed by atoms with E-state index >= 15 is 0 Å². The molecule has 0 radical (unpaired) electrons. The third-order valence-corrected chi connectivity index (χ3v) is 4.78. The summed E-state index contributed by atoms with van der Waals surface area (Å²) >= 11 is 6.27. The zero-order chi connectivity index (χ0) is 18.5. The van der Waals surface area contributed by atoms with Crippen LogP contribution in [0.15, 0.2) is 27.8 Å². The van der Waals surface area contributed by atoms with E-state index in [9.17, 15) is 0 Å². The van der Waals surface area contributed by atoms with Crippen LogP contribution >= 0.6 is 11.6 Å². The van der Waals surface area contributed by atoms with Gasteiger partial charge < -0.3 is 20.1 Å². The van der Waals surface area contributed by atoms with Crippen molar-refractivity contribution in [3.8, 4) is 0 Å². The Kier molecular flexibility index (Phi) is 5.98. The fraction of sp³-hybridized carbons (Fsp3) is 0.500. The molecule has 3 heterocycles. The summed E-state index contributed by atoms with van der Waals surface area (Å²) in [6, 6.07) is 4.01. The van der Waals surface area contributed by atoms with Gasteiger partial charge in [0, 0.05) is 37.4 Å². The van der Waals surface area contributed by atoms with Crippen molar-refractivity contribution in [2.24, 2.45) is 4.99 Å². The second kappa shape index (κ2) is 8.40. The molecule has 1 fully saturated rings. The number of aromatic nitrogens is 2. The van der Waals surface area contributed by atoms with Gasteiger partial charge in [-0.05, 0) is 39.3 Å². The highest BCUT2D eigenvalue weighted by atomic mass is 35.5. The van der Waals surface area contributed by atoms with E-state index in [-0.39, 0.29) is 6.04 Å². The molecule has 0 spiro atoms. The summed E-state index contributed by atoms with van der Waals surface area (Å²) in [7, 11) is 0. The summed E-state index contributed by atoms with van der Waals surface area (Å²) in [6.07, 6.45) is 2.78. The average molecular weight is 377 g/mol. The molecule has 1 saturated heterocycles. The van der Waals surface area contributed by atoms with Crippen molar-refractivity contribution in [2.75, 3.05) is 24.5 Å². The Balaban J connectivity index is 1.63. The molecule has 1 aliphatic rings. The third-order valence-electron chi connectivity index (χ3n) is 4.49. The van der Waals surface area contributed by atoms with Crippen LogP contribution in [0.2, 0.25) is 5.02 Å². The highest BCUT2D eigenvalue weighted by molar-refractivity contribution is 6.32. The van der Waals surface area contributed by atoms with Gasteiger partial charge in [0.1, 0.15) is 11.6 Å². The Morgan fingerprint density at radius 2 is 2.31 bits per heavy atom. The van der Waals surface area contributed by atoms with Gasteiger partial charge >= 0.3 is 0 Å². The number of hydrogen-bond donors (Lipinski definition) is 2. The number of guanidine groups is 1. The lowest BCUT2D eigenvalue weighted by molar-refractivity contribution is 0.392. The van der Waals surface area contributed by atoms with E-state index in [0.29, 0.717) is 11.6 Å². The number of aryl methyl sites for hydroxylation is 2. The predicted octanol–water partition coefficient (Wildman–Crippen LogP) is 2.67. The van der Waals surface area contributed by atoms with Crippen LogP contribution in [0.4, 0.5) is 5.82 Å². The first-order valence-electron chi connectivity index (χ1n) is 8.90. The van der Waals surface area contributed by atoms with E-state index in [2.05, 4.69) is 32.6 Å². The van der Waals surface area contributed by atoms with Crippen LogP contribution in [0.25, 0.3) is 0 Å². The lowest BCUT2D eigenvalue weighted by atomic mass is 10.2. The van der Waals surface area contributed by atoms with Gasteiger partial charge in [0.15, 0.2) is 5.96 Å². The molecular weight excluding hydrogens is 352 g/mol. The van der Waals surface area contributed by atoms with Crippen LogP contribution < -0.4 is 15.5 Å². The Morgan fingerprint density at radius 3 is 3.00 bits per heavy atom. The molecule has 0 saturated carbocycles. The summed E-state index contributed by atoms with van der Waals surface area (Å²) in [4.78, 5) is 11.3. The lowest BCUT2D eigenvalue weighted by Gasteiger charge is -2.20. The highest BCUT2D eigenvalue weighted by Crippen LogP contribution is 2.25. The molecule has 1 atom stereocenters. The number of aliphatic imine (C=N–C) groups is 1. The van der Waals surface area contributed by atoms with Crippen molar-refractivity contribution >= 4 is 23.4 Å². The smallest absolute Gasteiger partial charge is 0.191 e. The topological polar surface area (TPSA) is 78.6 Å². The highest BCUT2D eigenvalue weighted by Gasteiger charge is 2.25. The van der Waals surface area contributed by atoms with E-state index < -0.39 is 0 Å². The molecular formula is C18H25ClN6O. The maximum atomic E-state index is 6.27. The van der Waals surface area contributed by atoms with Gasteiger partial charge in [-0.25, -0.2) is 9.98 Å². The monoisotopic (exact) mass is 376 g/mol. The Labute approximate surface area is 158 Å². The number of hydrogen-bond acceptors (Lipinski definition) is 5. The maximum absolute atomic E-state index is 6.27. The van der Waals surface area contributed by atoms with E-state index in [4.69, 9.17) is 21.1 Å². The summed E-state index contributed by atoms with van der Waals surface area (Å²) in [5, 5.41) is 11.5. The minimum absolute atomic E-state index is 0.288. The van der Waals surface area contributed by atoms with Crippen molar-refractivity contribution in [1.82, 2.24) is 20.8 Å². The summed E-state index contributed by atoms with van der Waals surface area (Å²) in [6.45, 7) is 9.00. The van der Waals surface area contributed by atoms with Crippen LogP contribution in [-0.4, -0.2) is 41.8 Å². The molecule has 3 rings (SSSR count). The Bertz CT molecular complexity index is 755. The first kappa shape index (κ1) is 18.5. The number of rotatable bonds is 5. The fourth-order valence-corrected chi connectivity index (χ4v) is 3.32. The average Bonchev–Trinajstić information content (AvgIpc) is 3.21. The van der Waals surface area contributed by atoms with Crippen molar-refractivity contribution < 1.29 is 4.52 Å². The van der Waals surface area contributed by atoms with Crippen LogP contribution in [0, 0.1) is 13.8 Å². The molecule has 7 nitrogen and oxygen atoms in total. The quantitative estimate of drug-likeness (QED) is 0.617. The molecule has 0 amide bonds. The summed E-state index contributed by atoms with van der Waals surface area (Å²) in [5.41, 5.74) is 1.93. The number of anilines is 1. The van der Waals surface area contributed by atoms with Crippen LogP contribution in [-0.2, 0) is 6.54 Å². The molecule has 26 heavy (non-hydrogen) atoms. The van der Waals surface area contributed by atoms with Gasteiger partial charge in [-0.3, -0.25) is 0 Å². The number of nitrogens with one attached hydrogen (secondary N) is 2. The molecule has 2 aromatic rings. The van der Waals surface area contributed by atoms with E-state index in [0.717, 1.165) is 54.9 Å². The van der Waals surface area contributed by atoms with Crippen LogP contribution in [0.1, 0.15) is 30.4 Å². The molecule has 1 unspecified atom stereocenters. The van der Waals surface area contributed by atoms with Crippen molar-refractivity contribution in [3.63, 3.8) is 0 Å². The lowest BCUT2D eigenvalue weighted by Crippen LogP contribution is -2.44. The molecule has 8 heteroatoms. The zero-order valence-electron chi connectivity index (χ0n) is 15.4. The van der Waals surface area contributed by atoms with Gasteiger partial charge in [-0.2, -0.15) is 0 Å². The third kappa shape index (κ3) is 4.27. The van der Waals surface area contributed by atoms with Crippen molar-refractivity contribution in [2.45, 2.75) is 39.8 Å². The molecule has 140 valence electrons. The van der Waals surface area contributed by atoms with Gasteiger partial charge in [0.05, 0.1) is 17.3 Å². The van der Waals surface area contributed by atoms with Crippen molar-refractivity contribution in [3.05, 3.63) is 40.4 Å². The van der Waals surface area contributed by atoms with E-state index in [1.54, 1.807) is 6.20 Å². The molecule has 2 aromatic heterocycles. The van der Waals surface area contributed by atoms with E-state index in [1.165, 1.54) is 0 Å². The van der Waals surface area contributed by atoms with Gasteiger partial charge in [0.25, 0.3) is 0 Å². The minimum atomic E-state index is 0.288. The second-order valence-corrected chi connectivity index (χ2v) is 6.79. The molecule has 1 aliphatic heterocycles. The molecule has 2 N–H and O–H groups in total. The predicted molar refractivity (Wildman–Crippen MR) is 104 cm³/mol.